The third kappa shape index (κ3) is 5.02. The molecule has 0 radical (unpaired) electrons. The van der Waals surface area contributed by atoms with Crippen LogP contribution in [0.3, 0.4) is 0 Å². The largest absolute Gasteiger partial charge is 0.494 e. The quantitative estimate of drug-likeness (QED) is 0.891. The smallest absolute Gasteiger partial charge is 0.416 e. The number of carbonyl (C=O) groups is 1. The van der Waals surface area contributed by atoms with Crippen molar-refractivity contribution in [1.82, 2.24) is 0 Å². The molecule has 2 aromatic rings. The number of benzene rings is 2. The van der Waals surface area contributed by atoms with Gasteiger partial charge in [-0.2, -0.15) is 13.2 Å². The van der Waals surface area contributed by atoms with Crippen LogP contribution in [0.2, 0.25) is 0 Å². The first-order valence-electron chi connectivity index (χ1n) is 7.07. The van der Waals surface area contributed by atoms with E-state index in [4.69, 9.17) is 4.74 Å². The Kier molecular flexibility index (Phi) is 5.26. The van der Waals surface area contributed by atoms with Crippen molar-refractivity contribution in [3.63, 3.8) is 0 Å². The molecule has 0 aliphatic heterocycles. The number of hydrogen-bond donors (Lipinski definition) is 1. The molecule has 0 heterocycles. The molecule has 0 saturated heterocycles. The molecule has 0 unspecified atom stereocenters. The number of nitrogens with one attached hydrogen (secondary N) is 1. The van der Waals surface area contributed by atoms with Crippen molar-refractivity contribution in [3.8, 4) is 5.75 Å². The van der Waals surface area contributed by atoms with Crippen molar-refractivity contribution >= 4 is 11.6 Å². The molecule has 0 aromatic heterocycles. The van der Waals surface area contributed by atoms with Crippen LogP contribution in [0.25, 0.3) is 0 Å². The molecule has 0 bridgehead atoms. The third-order valence-electron chi connectivity index (χ3n) is 3.07. The van der Waals surface area contributed by atoms with E-state index < -0.39 is 11.7 Å². The first-order chi connectivity index (χ1) is 10.9. The number of rotatable bonds is 5. The predicted octanol–water partition coefficient (Wildman–Crippen LogP) is 4.29. The zero-order valence-corrected chi connectivity index (χ0v) is 12.5. The summed E-state index contributed by atoms with van der Waals surface area (Å²) in [6, 6.07) is 11.5. The molecule has 0 fully saturated rings. The molecule has 122 valence electrons. The van der Waals surface area contributed by atoms with Gasteiger partial charge in [0.25, 0.3) is 0 Å². The van der Waals surface area contributed by atoms with Crippen LogP contribution in [0.4, 0.5) is 18.9 Å². The summed E-state index contributed by atoms with van der Waals surface area (Å²) >= 11 is 0. The fourth-order valence-corrected chi connectivity index (χ4v) is 2.05. The first kappa shape index (κ1) is 16.9. The van der Waals surface area contributed by atoms with Gasteiger partial charge in [0.15, 0.2) is 0 Å². The van der Waals surface area contributed by atoms with Gasteiger partial charge in [-0.15, -0.1) is 0 Å². The topological polar surface area (TPSA) is 38.3 Å². The molecule has 1 N–H and O–H groups in total. The Labute approximate surface area is 132 Å². The molecule has 2 rings (SSSR count). The molecule has 0 aliphatic rings. The lowest BCUT2D eigenvalue weighted by atomic mass is 10.1. The Balaban J connectivity index is 1.99. The molecular weight excluding hydrogens is 307 g/mol. The summed E-state index contributed by atoms with van der Waals surface area (Å²) in [6.45, 7) is 2.41. The number of hydrogen-bond acceptors (Lipinski definition) is 2. The van der Waals surface area contributed by atoms with E-state index in [0.29, 0.717) is 23.6 Å². The molecule has 1 amide bonds. The van der Waals surface area contributed by atoms with Gasteiger partial charge in [0.1, 0.15) is 5.75 Å². The lowest BCUT2D eigenvalue weighted by Crippen LogP contribution is -2.15. The van der Waals surface area contributed by atoms with Gasteiger partial charge in [-0.25, -0.2) is 0 Å². The maximum Gasteiger partial charge on any atom is 0.416 e. The van der Waals surface area contributed by atoms with Gasteiger partial charge in [0.05, 0.1) is 18.6 Å². The Bertz CT molecular complexity index is 666. The second-order valence-corrected chi connectivity index (χ2v) is 4.88. The number of halogens is 3. The van der Waals surface area contributed by atoms with Gasteiger partial charge < -0.3 is 10.1 Å². The Morgan fingerprint density at radius 1 is 1.13 bits per heavy atom. The summed E-state index contributed by atoms with van der Waals surface area (Å²) in [5, 5.41) is 2.64. The van der Waals surface area contributed by atoms with Crippen LogP contribution < -0.4 is 10.1 Å². The van der Waals surface area contributed by atoms with Gasteiger partial charge in [-0.05, 0) is 42.8 Å². The normalized spacial score (nSPS) is 11.1. The summed E-state index contributed by atoms with van der Waals surface area (Å²) in [4.78, 5) is 11.9. The molecule has 0 atom stereocenters. The van der Waals surface area contributed by atoms with E-state index in [0.717, 1.165) is 12.1 Å². The minimum absolute atomic E-state index is 0.128. The van der Waals surface area contributed by atoms with E-state index in [-0.39, 0.29) is 12.3 Å². The predicted molar refractivity (Wildman–Crippen MR) is 81.4 cm³/mol. The highest BCUT2D eigenvalue weighted by molar-refractivity contribution is 5.92. The molecule has 0 saturated carbocycles. The fourth-order valence-electron chi connectivity index (χ4n) is 2.05. The van der Waals surface area contributed by atoms with Crippen molar-refractivity contribution in [1.29, 1.82) is 0 Å². The third-order valence-corrected chi connectivity index (χ3v) is 3.07. The molecule has 0 aliphatic carbocycles. The van der Waals surface area contributed by atoms with Crippen LogP contribution in [-0.4, -0.2) is 12.5 Å². The second kappa shape index (κ2) is 7.17. The highest BCUT2D eigenvalue weighted by atomic mass is 19.4. The summed E-state index contributed by atoms with van der Waals surface area (Å²) in [5.74, 6) is 0.303. The van der Waals surface area contributed by atoms with Gasteiger partial charge in [-0.3, -0.25) is 4.79 Å². The molecule has 3 nitrogen and oxygen atoms in total. The van der Waals surface area contributed by atoms with Crippen LogP contribution in [-0.2, 0) is 17.4 Å². The maximum atomic E-state index is 12.6. The number of amides is 1. The molecule has 2 aromatic carbocycles. The molecular formula is C17H16F3NO2. The minimum atomic E-state index is -4.42. The number of anilines is 1. The van der Waals surface area contributed by atoms with Crippen LogP contribution in [0.15, 0.2) is 48.5 Å². The van der Waals surface area contributed by atoms with Gasteiger partial charge in [-0.1, -0.05) is 18.2 Å². The monoisotopic (exact) mass is 323 g/mol. The van der Waals surface area contributed by atoms with Gasteiger partial charge >= 0.3 is 6.18 Å². The zero-order chi connectivity index (χ0) is 16.9. The van der Waals surface area contributed by atoms with Crippen molar-refractivity contribution in [3.05, 3.63) is 59.7 Å². The SMILES string of the molecule is CCOc1ccc(NC(=O)Cc2cccc(C(F)(F)F)c2)cc1. The van der Waals surface area contributed by atoms with Gasteiger partial charge in [0, 0.05) is 5.69 Å². The Morgan fingerprint density at radius 2 is 1.83 bits per heavy atom. The van der Waals surface area contributed by atoms with Crippen molar-refractivity contribution in [2.45, 2.75) is 19.5 Å². The van der Waals surface area contributed by atoms with E-state index >= 15 is 0 Å². The molecule has 23 heavy (non-hydrogen) atoms. The maximum absolute atomic E-state index is 12.6. The van der Waals surface area contributed by atoms with Gasteiger partial charge in [0.2, 0.25) is 5.91 Å². The summed E-state index contributed by atoms with van der Waals surface area (Å²) < 4.78 is 43.2. The first-order valence-corrected chi connectivity index (χ1v) is 7.07. The van der Waals surface area contributed by atoms with E-state index in [9.17, 15) is 18.0 Å². The van der Waals surface area contributed by atoms with Crippen LogP contribution in [0, 0.1) is 0 Å². The second-order valence-electron chi connectivity index (χ2n) is 4.88. The summed E-state index contributed by atoms with van der Waals surface area (Å²) in [7, 11) is 0. The Hall–Kier alpha value is -2.50. The number of carbonyl (C=O) groups excluding carboxylic acids is 1. The van der Waals surface area contributed by atoms with Crippen LogP contribution in [0.1, 0.15) is 18.1 Å². The lowest BCUT2D eigenvalue weighted by molar-refractivity contribution is -0.137. The minimum Gasteiger partial charge on any atom is -0.494 e. The van der Waals surface area contributed by atoms with Crippen molar-refractivity contribution < 1.29 is 22.7 Å². The van der Waals surface area contributed by atoms with Crippen LogP contribution in [0.5, 0.6) is 5.75 Å². The average Bonchev–Trinajstić information content (AvgIpc) is 2.49. The summed E-state index contributed by atoms with van der Waals surface area (Å²) in [5.41, 5.74) is 0.109. The van der Waals surface area contributed by atoms with E-state index in [1.807, 2.05) is 6.92 Å². The average molecular weight is 323 g/mol. The molecule has 6 heteroatoms. The lowest BCUT2D eigenvalue weighted by Gasteiger charge is -2.09. The number of alkyl halides is 3. The Morgan fingerprint density at radius 3 is 2.43 bits per heavy atom. The summed E-state index contributed by atoms with van der Waals surface area (Å²) in [6.07, 6.45) is -4.54. The fraction of sp³-hybridized carbons (Fsp3) is 0.235. The highest BCUT2D eigenvalue weighted by Gasteiger charge is 2.30. The zero-order valence-electron chi connectivity index (χ0n) is 12.5. The van der Waals surface area contributed by atoms with Crippen molar-refractivity contribution in [2.75, 3.05) is 11.9 Å². The molecule has 0 spiro atoms. The van der Waals surface area contributed by atoms with E-state index in [1.165, 1.54) is 12.1 Å². The van der Waals surface area contributed by atoms with Crippen LogP contribution >= 0.6 is 0 Å². The number of ether oxygens (including phenoxy) is 1. The van der Waals surface area contributed by atoms with Crippen molar-refractivity contribution in [2.24, 2.45) is 0 Å². The van der Waals surface area contributed by atoms with E-state index in [2.05, 4.69) is 5.32 Å². The van der Waals surface area contributed by atoms with E-state index in [1.54, 1.807) is 24.3 Å². The highest BCUT2D eigenvalue weighted by Crippen LogP contribution is 2.29. The standard InChI is InChI=1S/C17H16F3NO2/c1-2-23-15-8-6-14(7-9-15)21-16(22)11-12-4-3-5-13(10-12)17(18,19)20/h3-10H,2,11H2,1H3,(H,21,22).